The van der Waals surface area contributed by atoms with Crippen LogP contribution >= 0.6 is 0 Å². The first kappa shape index (κ1) is 20.6. The third-order valence-corrected chi connectivity index (χ3v) is 5.37. The molecule has 6 nitrogen and oxygen atoms in total. The normalized spacial score (nSPS) is 11.8. The molecule has 0 aliphatic rings. The number of rotatable bonds is 4. The van der Waals surface area contributed by atoms with E-state index in [4.69, 9.17) is 5.73 Å². The maximum Gasteiger partial charge on any atom is 0.417 e. The second kappa shape index (κ2) is 7.70. The van der Waals surface area contributed by atoms with Gasteiger partial charge in [0.1, 0.15) is 5.52 Å². The van der Waals surface area contributed by atoms with Crippen LogP contribution < -0.4 is 5.73 Å². The van der Waals surface area contributed by atoms with Crippen LogP contribution in [0.5, 0.6) is 0 Å². The lowest BCUT2D eigenvalue weighted by Gasteiger charge is -2.13. The Balaban J connectivity index is 1.55. The first-order chi connectivity index (χ1) is 15.8. The third-order valence-electron chi connectivity index (χ3n) is 5.37. The van der Waals surface area contributed by atoms with Crippen LogP contribution in [0.15, 0.2) is 73.2 Å². The Labute approximate surface area is 185 Å². The zero-order chi connectivity index (χ0) is 23.2. The number of amides is 1. The molecule has 2 aromatic carbocycles. The summed E-state index contributed by atoms with van der Waals surface area (Å²) in [4.78, 5) is 24.7. The first-order valence-corrected chi connectivity index (χ1v) is 9.96. The summed E-state index contributed by atoms with van der Waals surface area (Å²) in [5.74, 6) is -1.14. The predicted molar refractivity (Wildman–Crippen MR) is 117 cm³/mol. The van der Waals surface area contributed by atoms with Crippen LogP contribution in [0.25, 0.3) is 33.3 Å². The Hall–Kier alpha value is -4.27. The maximum absolute atomic E-state index is 13.5. The van der Waals surface area contributed by atoms with Crippen LogP contribution in [0.4, 0.5) is 13.2 Å². The lowest BCUT2D eigenvalue weighted by Crippen LogP contribution is -2.18. The highest BCUT2D eigenvalue weighted by atomic mass is 19.4. The molecule has 0 aliphatic carbocycles. The lowest BCUT2D eigenvalue weighted by molar-refractivity contribution is -0.137. The van der Waals surface area contributed by atoms with Crippen molar-refractivity contribution in [2.75, 3.05) is 0 Å². The molecule has 0 fully saturated rings. The predicted octanol–water partition coefficient (Wildman–Crippen LogP) is 4.81. The number of alkyl halides is 3. The molecule has 5 rings (SSSR count). The van der Waals surface area contributed by atoms with Crippen LogP contribution in [0, 0.1) is 0 Å². The zero-order valence-corrected chi connectivity index (χ0v) is 17.0. The minimum absolute atomic E-state index is 0.221. The van der Waals surface area contributed by atoms with Gasteiger partial charge in [-0.1, -0.05) is 18.2 Å². The Bertz CT molecular complexity index is 1520. The van der Waals surface area contributed by atoms with Crippen molar-refractivity contribution in [1.29, 1.82) is 0 Å². The molecular formula is C24H16F3N5O. The van der Waals surface area contributed by atoms with E-state index in [2.05, 4.69) is 15.0 Å². The molecule has 0 bridgehead atoms. The highest BCUT2D eigenvalue weighted by Crippen LogP contribution is 2.35. The number of halogens is 3. The fourth-order valence-corrected chi connectivity index (χ4v) is 3.79. The van der Waals surface area contributed by atoms with Crippen molar-refractivity contribution >= 4 is 28.0 Å². The van der Waals surface area contributed by atoms with E-state index in [1.165, 1.54) is 6.07 Å². The molecule has 0 saturated carbocycles. The largest absolute Gasteiger partial charge is 0.417 e. The summed E-state index contributed by atoms with van der Waals surface area (Å²) in [5.41, 5.74) is 7.04. The quantitative estimate of drug-likeness (QED) is 0.428. The zero-order valence-electron chi connectivity index (χ0n) is 17.0. The van der Waals surface area contributed by atoms with Crippen molar-refractivity contribution in [3.8, 4) is 11.3 Å². The maximum atomic E-state index is 13.5. The Morgan fingerprint density at radius 2 is 1.79 bits per heavy atom. The second-order valence-electron chi connectivity index (χ2n) is 7.56. The van der Waals surface area contributed by atoms with Crippen LogP contribution in [0.2, 0.25) is 0 Å². The molecule has 0 spiro atoms. The molecule has 9 heteroatoms. The van der Waals surface area contributed by atoms with E-state index >= 15 is 0 Å². The molecular weight excluding hydrogens is 431 g/mol. The fraction of sp³-hybridized carbons (Fsp3) is 0.0833. The van der Waals surface area contributed by atoms with E-state index in [9.17, 15) is 18.0 Å². The number of carbonyl (C=O) groups excluding carboxylic acids is 1. The topological polar surface area (TPSA) is 86.7 Å². The van der Waals surface area contributed by atoms with Gasteiger partial charge < -0.3 is 10.3 Å². The summed E-state index contributed by atoms with van der Waals surface area (Å²) in [5, 5.41) is 1.00. The van der Waals surface area contributed by atoms with E-state index in [-0.39, 0.29) is 5.56 Å². The number of hydrogen-bond acceptors (Lipinski definition) is 4. The lowest BCUT2D eigenvalue weighted by atomic mass is 10.0. The Kier molecular flexibility index (Phi) is 4.81. The van der Waals surface area contributed by atoms with E-state index in [0.717, 1.165) is 28.6 Å². The van der Waals surface area contributed by atoms with Crippen LogP contribution in [0.3, 0.4) is 0 Å². The van der Waals surface area contributed by atoms with Gasteiger partial charge in [-0.05, 0) is 48.0 Å². The van der Waals surface area contributed by atoms with Crippen LogP contribution in [0.1, 0.15) is 21.5 Å². The molecule has 33 heavy (non-hydrogen) atoms. The molecule has 3 aromatic heterocycles. The van der Waals surface area contributed by atoms with Crippen LogP contribution in [-0.2, 0) is 12.7 Å². The molecule has 0 atom stereocenters. The summed E-state index contributed by atoms with van der Waals surface area (Å²) >= 11 is 0. The average molecular weight is 447 g/mol. The van der Waals surface area contributed by atoms with Gasteiger partial charge in [-0.15, -0.1) is 0 Å². The average Bonchev–Trinajstić information content (AvgIpc) is 3.20. The molecule has 0 saturated heterocycles. The van der Waals surface area contributed by atoms with Crippen molar-refractivity contribution in [2.45, 2.75) is 12.7 Å². The number of benzene rings is 2. The molecule has 0 unspecified atom stereocenters. The Morgan fingerprint density at radius 3 is 2.58 bits per heavy atom. The van der Waals surface area contributed by atoms with Crippen molar-refractivity contribution in [2.24, 2.45) is 5.73 Å². The number of aromatic nitrogens is 4. The van der Waals surface area contributed by atoms with Gasteiger partial charge in [0.05, 0.1) is 35.2 Å². The highest BCUT2D eigenvalue weighted by Gasteiger charge is 2.35. The number of carbonyl (C=O) groups is 1. The number of hydrogen-bond donors (Lipinski definition) is 1. The van der Waals surface area contributed by atoms with Crippen molar-refractivity contribution in [3.63, 3.8) is 0 Å². The minimum Gasteiger partial charge on any atom is -0.366 e. The SMILES string of the molecule is NC(=O)c1ccc(-c2ccc3ncn(Cc4ccc5ncccc5c4)c3n2)cc1C(F)(F)F. The molecule has 0 radical (unpaired) electrons. The van der Waals surface area contributed by atoms with Crippen molar-refractivity contribution in [3.05, 3.63) is 89.9 Å². The summed E-state index contributed by atoms with van der Waals surface area (Å²) in [6.45, 7) is 0.478. The van der Waals surface area contributed by atoms with Crippen LogP contribution in [-0.4, -0.2) is 25.4 Å². The molecule has 0 aliphatic heterocycles. The standard InChI is InChI=1S/C24H16F3N5O/c25-24(26,27)18-11-16(4-5-17(18)22(28)33)20-7-8-21-23(31-20)32(13-30-21)12-14-3-6-19-15(10-14)2-1-9-29-19/h1-11,13H,12H2,(H2,28,33). The van der Waals surface area contributed by atoms with Crippen molar-refractivity contribution < 1.29 is 18.0 Å². The van der Waals surface area contributed by atoms with E-state index in [1.54, 1.807) is 24.7 Å². The van der Waals surface area contributed by atoms with E-state index in [1.807, 2.05) is 34.9 Å². The number of pyridine rings is 2. The van der Waals surface area contributed by atoms with Gasteiger partial charge in [-0.3, -0.25) is 9.78 Å². The van der Waals surface area contributed by atoms with E-state index in [0.29, 0.717) is 23.4 Å². The number of fused-ring (bicyclic) bond motifs is 2. The number of nitrogens with two attached hydrogens (primary N) is 1. The summed E-state index contributed by atoms with van der Waals surface area (Å²) in [6, 6.07) is 16.4. The summed E-state index contributed by atoms with van der Waals surface area (Å²) in [7, 11) is 0. The minimum atomic E-state index is -4.73. The van der Waals surface area contributed by atoms with Gasteiger partial charge >= 0.3 is 6.18 Å². The van der Waals surface area contributed by atoms with Gasteiger partial charge in [0.15, 0.2) is 5.65 Å². The van der Waals surface area contributed by atoms with Gasteiger partial charge in [0, 0.05) is 17.1 Å². The Morgan fingerprint density at radius 1 is 0.970 bits per heavy atom. The molecule has 164 valence electrons. The highest BCUT2D eigenvalue weighted by molar-refractivity contribution is 5.95. The smallest absolute Gasteiger partial charge is 0.366 e. The molecule has 2 N–H and O–H groups in total. The number of imidazole rings is 1. The van der Waals surface area contributed by atoms with E-state index < -0.39 is 23.2 Å². The monoisotopic (exact) mass is 447 g/mol. The first-order valence-electron chi connectivity index (χ1n) is 9.96. The number of primary amides is 1. The molecule has 3 heterocycles. The number of nitrogens with zero attached hydrogens (tertiary/aromatic N) is 4. The van der Waals surface area contributed by atoms with Gasteiger partial charge in [0.2, 0.25) is 5.91 Å². The van der Waals surface area contributed by atoms with Gasteiger partial charge in [-0.25, -0.2) is 9.97 Å². The second-order valence-corrected chi connectivity index (χ2v) is 7.56. The fourth-order valence-electron chi connectivity index (χ4n) is 3.79. The van der Waals surface area contributed by atoms with Crippen molar-refractivity contribution in [1.82, 2.24) is 19.5 Å². The molecule has 1 amide bonds. The molecule has 5 aromatic rings. The van der Waals surface area contributed by atoms with Gasteiger partial charge in [-0.2, -0.15) is 13.2 Å². The van der Waals surface area contributed by atoms with Gasteiger partial charge in [0.25, 0.3) is 0 Å². The summed E-state index contributed by atoms with van der Waals surface area (Å²) in [6.07, 6.45) is -1.35. The third kappa shape index (κ3) is 3.89. The summed E-state index contributed by atoms with van der Waals surface area (Å²) < 4.78 is 42.3.